The molecule has 0 spiro atoms. The maximum absolute atomic E-state index is 10.6. The smallest absolute Gasteiger partial charge is 0.164 e. The highest BCUT2D eigenvalue weighted by Gasteiger charge is 2.52. The van der Waals surface area contributed by atoms with Gasteiger partial charge in [0.2, 0.25) is 0 Å². The molecule has 0 aromatic carbocycles. The molecule has 0 bridgehead atoms. The molecule has 9 heteroatoms. The van der Waals surface area contributed by atoms with Crippen LogP contribution >= 0.6 is 0 Å². The summed E-state index contributed by atoms with van der Waals surface area (Å²) in [6.45, 7) is 6.57. The molecule has 0 aromatic rings. The van der Waals surface area contributed by atoms with Crippen molar-refractivity contribution >= 4 is 0 Å². The number of azide groups is 1. The fourth-order valence-corrected chi connectivity index (χ4v) is 2.89. The molecule has 2 N–H and O–H groups in total. The van der Waals surface area contributed by atoms with E-state index in [-0.39, 0.29) is 13.2 Å². The monoisotopic (exact) mass is 317 g/mol. The van der Waals surface area contributed by atoms with Crippen molar-refractivity contribution < 1.29 is 29.2 Å². The van der Waals surface area contributed by atoms with Gasteiger partial charge in [-0.3, -0.25) is 0 Å². The summed E-state index contributed by atoms with van der Waals surface area (Å²) in [4.78, 5) is 2.70. The van der Waals surface area contributed by atoms with Crippen molar-refractivity contribution in [2.75, 3.05) is 13.2 Å². The highest BCUT2D eigenvalue weighted by Crippen LogP contribution is 2.36. The van der Waals surface area contributed by atoms with Gasteiger partial charge in [0.15, 0.2) is 11.6 Å². The van der Waals surface area contributed by atoms with Crippen LogP contribution in [0.2, 0.25) is 0 Å². The third-order valence-electron chi connectivity index (χ3n) is 3.62. The van der Waals surface area contributed by atoms with Crippen LogP contribution < -0.4 is 0 Å². The minimum absolute atomic E-state index is 0.0302. The van der Waals surface area contributed by atoms with Crippen molar-refractivity contribution in [2.24, 2.45) is 5.11 Å². The highest BCUT2D eigenvalue weighted by atomic mass is 16.8. The first-order valence-corrected chi connectivity index (χ1v) is 7.20. The van der Waals surface area contributed by atoms with Gasteiger partial charge in [0.25, 0.3) is 0 Å². The van der Waals surface area contributed by atoms with E-state index >= 15 is 0 Å². The van der Waals surface area contributed by atoms with E-state index in [0.717, 1.165) is 0 Å². The van der Waals surface area contributed by atoms with E-state index in [1.54, 1.807) is 27.7 Å². The van der Waals surface area contributed by atoms with Crippen molar-refractivity contribution in [2.45, 2.75) is 69.8 Å². The van der Waals surface area contributed by atoms with Crippen LogP contribution in [0.5, 0.6) is 0 Å². The van der Waals surface area contributed by atoms with Gasteiger partial charge in [-0.05, 0) is 33.2 Å². The second-order valence-corrected chi connectivity index (χ2v) is 6.36. The van der Waals surface area contributed by atoms with Gasteiger partial charge in [-0.1, -0.05) is 5.11 Å². The molecule has 0 saturated carbocycles. The minimum atomic E-state index is -1.10. The van der Waals surface area contributed by atoms with Crippen molar-refractivity contribution in [3.8, 4) is 0 Å². The minimum Gasteiger partial charge on any atom is -0.394 e. The molecule has 9 nitrogen and oxygen atoms in total. The van der Waals surface area contributed by atoms with Crippen LogP contribution in [-0.2, 0) is 18.9 Å². The van der Waals surface area contributed by atoms with E-state index in [4.69, 9.17) is 24.5 Å². The van der Waals surface area contributed by atoms with Crippen molar-refractivity contribution in [3.05, 3.63) is 10.4 Å². The maximum atomic E-state index is 10.6. The lowest BCUT2D eigenvalue weighted by Gasteiger charge is -2.28. The summed E-state index contributed by atoms with van der Waals surface area (Å²) in [7, 11) is 0. The van der Waals surface area contributed by atoms with Gasteiger partial charge in [-0.2, -0.15) is 0 Å². The zero-order valence-electron chi connectivity index (χ0n) is 13.2. The van der Waals surface area contributed by atoms with E-state index in [9.17, 15) is 10.2 Å². The third kappa shape index (κ3) is 3.69. The molecule has 2 rings (SSSR count). The average molecular weight is 317 g/mol. The number of nitrogens with zero attached hydrogens (tertiary/aromatic N) is 3. The van der Waals surface area contributed by atoms with Gasteiger partial charge >= 0.3 is 0 Å². The SMILES string of the molecule is CC1(C)O[C@H]([C@@H](O)[C@@H]2OC(C)(C)O[C@H]2CN=[N+]=[N-])[C@H](CO)O1. The third-order valence-corrected chi connectivity index (χ3v) is 3.62. The van der Waals surface area contributed by atoms with Crippen LogP contribution in [0.4, 0.5) is 0 Å². The molecule has 0 radical (unpaired) electrons. The van der Waals surface area contributed by atoms with Crippen LogP contribution in [0.3, 0.4) is 0 Å². The molecule has 22 heavy (non-hydrogen) atoms. The Labute approximate surface area is 128 Å². The first-order chi connectivity index (χ1) is 10.2. The number of hydrogen-bond acceptors (Lipinski definition) is 7. The number of aliphatic hydroxyl groups excluding tert-OH is 2. The normalized spacial score (nSPS) is 37.7. The average Bonchev–Trinajstić information content (AvgIpc) is 2.91. The predicted octanol–water partition coefficient (Wildman–Crippen LogP) is 0.690. The quantitative estimate of drug-likeness (QED) is 0.436. The second-order valence-electron chi connectivity index (χ2n) is 6.36. The molecule has 5 atom stereocenters. The molecule has 2 heterocycles. The van der Waals surface area contributed by atoms with Gasteiger partial charge in [-0.15, -0.1) is 0 Å². The topological polar surface area (TPSA) is 126 Å². The lowest BCUT2D eigenvalue weighted by molar-refractivity contribution is -0.179. The Balaban J connectivity index is 2.15. The van der Waals surface area contributed by atoms with Crippen molar-refractivity contribution in [1.82, 2.24) is 0 Å². The summed E-state index contributed by atoms with van der Waals surface area (Å²) in [5.41, 5.74) is 8.46. The summed E-state index contributed by atoms with van der Waals surface area (Å²) >= 11 is 0. The highest BCUT2D eigenvalue weighted by molar-refractivity contribution is 4.96. The molecule has 0 amide bonds. The molecule has 2 fully saturated rings. The predicted molar refractivity (Wildman–Crippen MR) is 74.8 cm³/mol. The van der Waals surface area contributed by atoms with E-state index in [1.165, 1.54) is 0 Å². The molecule has 0 aliphatic carbocycles. The number of hydrogen-bond donors (Lipinski definition) is 2. The van der Waals surface area contributed by atoms with Crippen LogP contribution in [-0.4, -0.2) is 65.5 Å². The molecule has 2 aliphatic heterocycles. The zero-order chi connectivity index (χ0) is 16.5. The molecular formula is C13H23N3O6. The molecule has 0 aromatic heterocycles. The summed E-state index contributed by atoms with van der Waals surface area (Å²) in [6.07, 6.45) is -3.89. The Bertz CT molecular complexity index is 451. The van der Waals surface area contributed by atoms with E-state index in [0.29, 0.717) is 0 Å². The lowest BCUT2D eigenvalue weighted by Crippen LogP contribution is -2.48. The second kappa shape index (κ2) is 6.29. The van der Waals surface area contributed by atoms with Crippen molar-refractivity contribution in [1.29, 1.82) is 0 Å². The Morgan fingerprint density at radius 3 is 2.05 bits per heavy atom. The molecule has 2 saturated heterocycles. The maximum Gasteiger partial charge on any atom is 0.164 e. The number of rotatable bonds is 5. The van der Waals surface area contributed by atoms with Gasteiger partial charge < -0.3 is 29.2 Å². The van der Waals surface area contributed by atoms with Gasteiger partial charge in [0, 0.05) is 4.91 Å². The van der Waals surface area contributed by atoms with E-state index in [1.807, 2.05) is 0 Å². The summed E-state index contributed by atoms with van der Waals surface area (Å²) < 4.78 is 22.6. The standard InChI is InChI=1S/C13H23N3O6/c1-12(2)19-7(5-15-16-14)10(21-12)9(18)11-8(6-17)20-13(3,4)22-11/h7-11,17-18H,5-6H2,1-4H3/t7-,8-,9-,10+,11-/m0/s1. The molecule has 2 aliphatic rings. The summed E-state index contributed by atoms with van der Waals surface area (Å²) in [5, 5.41) is 23.5. The molecule has 0 unspecified atom stereocenters. The Hall–Kier alpha value is -0.930. The van der Waals surface area contributed by atoms with Crippen LogP contribution in [0.1, 0.15) is 27.7 Å². The van der Waals surface area contributed by atoms with Gasteiger partial charge in [0.1, 0.15) is 24.4 Å². The summed E-state index contributed by atoms with van der Waals surface area (Å²) in [6, 6.07) is 0. The van der Waals surface area contributed by atoms with Crippen molar-refractivity contribution in [3.63, 3.8) is 0 Å². The largest absolute Gasteiger partial charge is 0.394 e. The van der Waals surface area contributed by atoms with Crippen LogP contribution in [0, 0.1) is 0 Å². The Kier molecular flexibility index (Phi) is 4.98. The van der Waals surface area contributed by atoms with Gasteiger partial charge in [0.05, 0.1) is 19.3 Å². The fourth-order valence-electron chi connectivity index (χ4n) is 2.89. The van der Waals surface area contributed by atoms with Crippen LogP contribution in [0.15, 0.2) is 5.11 Å². The van der Waals surface area contributed by atoms with E-state index < -0.39 is 42.1 Å². The van der Waals surface area contributed by atoms with E-state index in [2.05, 4.69) is 10.0 Å². The Morgan fingerprint density at radius 2 is 1.55 bits per heavy atom. The number of aliphatic hydroxyl groups is 2. The molecular weight excluding hydrogens is 294 g/mol. The zero-order valence-corrected chi connectivity index (χ0v) is 13.2. The Morgan fingerprint density at radius 1 is 1.05 bits per heavy atom. The fraction of sp³-hybridized carbons (Fsp3) is 1.00. The lowest BCUT2D eigenvalue weighted by atomic mass is 9.99. The first-order valence-electron chi connectivity index (χ1n) is 7.20. The number of ether oxygens (including phenoxy) is 4. The van der Waals surface area contributed by atoms with Crippen LogP contribution in [0.25, 0.3) is 10.4 Å². The van der Waals surface area contributed by atoms with Gasteiger partial charge in [-0.25, -0.2) is 0 Å². The summed E-state index contributed by atoms with van der Waals surface area (Å²) in [5.74, 6) is -1.82. The molecule has 126 valence electrons. The first kappa shape index (κ1) is 17.4.